The molecule has 0 aromatic heterocycles. The molecule has 3 heteroatoms. The number of carbonyl (C=O) groups is 1. The summed E-state index contributed by atoms with van der Waals surface area (Å²) in [5.41, 5.74) is 6.81. The van der Waals surface area contributed by atoms with Gasteiger partial charge in [0.2, 0.25) is 0 Å². The zero-order valence-electron chi connectivity index (χ0n) is 9.63. The van der Waals surface area contributed by atoms with E-state index in [0.29, 0.717) is 0 Å². The minimum absolute atomic E-state index is 0.475. The number of hydrogen-bond acceptors (Lipinski definition) is 2. The van der Waals surface area contributed by atoms with Crippen LogP contribution in [0.5, 0.6) is 0 Å². The maximum atomic E-state index is 10.9. The highest BCUT2D eigenvalue weighted by atomic mass is 16.4. The lowest BCUT2D eigenvalue weighted by Crippen LogP contribution is -2.25. The van der Waals surface area contributed by atoms with Gasteiger partial charge in [-0.2, -0.15) is 0 Å². The Morgan fingerprint density at radius 3 is 2.47 bits per heavy atom. The Hall–Kier alpha value is -1.87. The number of carboxylic acid groups (broad SMARTS) is 1. The van der Waals surface area contributed by atoms with Crippen LogP contribution in [0.1, 0.15) is 18.5 Å². The lowest BCUT2D eigenvalue weighted by molar-refractivity contribution is -0.141. The van der Waals surface area contributed by atoms with E-state index in [4.69, 9.17) is 10.8 Å². The second-order valence-corrected chi connectivity index (χ2v) is 4.26. The van der Waals surface area contributed by atoms with E-state index in [1.165, 1.54) is 0 Å². The van der Waals surface area contributed by atoms with E-state index in [1.807, 2.05) is 42.5 Å². The topological polar surface area (TPSA) is 63.3 Å². The molecule has 0 bridgehead atoms. The van der Waals surface area contributed by atoms with Crippen molar-refractivity contribution < 1.29 is 9.90 Å². The van der Waals surface area contributed by atoms with Crippen molar-refractivity contribution >= 4 is 16.7 Å². The predicted octanol–water partition coefficient (Wildman–Crippen LogP) is 2.56. The van der Waals surface area contributed by atoms with Crippen LogP contribution in [-0.2, 0) is 4.79 Å². The van der Waals surface area contributed by atoms with Crippen LogP contribution in [0.25, 0.3) is 10.8 Å². The number of benzene rings is 2. The molecule has 0 heterocycles. The summed E-state index contributed by atoms with van der Waals surface area (Å²) >= 11 is 0. The van der Waals surface area contributed by atoms with Crippen molar-refractivity contribution in [2.24, 2.45) is 11.7 Å². The molecule has 0 aliphatic heterocycles. The van der Waals surface area contributed by atoms with Crippen LogP contribution in [0, 0.1) is 5.92 Å². The molecule has 17 heavy (non-hydrogen) atoms. The summed E-state index contributed by atoms with van der Waals surface area (Å²) in [5, 5.41) is 11.2. The van der Waals surface area contributed by atoms with Crippen molar-refractivity contribution in [3.63, 3.8) is 0 Å². The summed E-state index contributed by atoms with van der Waals surface area (Å²) in [6, 6.07) is 13.3. The molecule has 3 nitrogen and oxygen atoms in total. The average molecular weight is 229 g/mol. The number of aliphatic carboxylic acids is 1. The summed E-state index contributed by atoms with van der Waals surface area (Å²) in [6.45, 7) is 1.63. The van der Waals surface area contributed by atoms with Gasteiger partial charge in [-0.25, -0.2) is 0 Å². The largest absolute Gasteiger partial charge is 0.481 e. The monoisotopic (exact) mass is 229 g/mol. The van der Waals surface area contributed by atoms with Gasteiger partial charge in [-0.1, -0.05) is 43.3 Å². The second kappa shape index (κ2) is 4.55. The number of rotatable bonds is 3. The Bertz CT molecular complexity index is 551. The molecule has 0 aliphatic rings. The van der Waals surface area contributed by atoms with Crippen LogP contribution in [-0.4, -0.2) is 11.1 Å². The zero-order chi connectivity index (χ0) is 12.4. The summed E-state index contributed by atoms with van der Waals surface area (Å²) in [6.07, 6.45) is 0. The highest BCUT2D eigenvalue weighted by Crippen LogP contribution is 2.23. The molecule has 2 aromatic carbocycles. The summed E-state index contributed by atoms with van der Waals surface area (Å²) in [5.74, 6) is -1.46. The highest BCUT2D eigenvalue weighted by molar-refractivity contribution is 5.83. The number of hydrogen-bond donors (Lipinski definition) is 2. The van der Waals surface area contributed by atoms with E-state index in [1.54, 1.807) is 6.92 Å². The average Bonchev–Trinajstić information content (AvgIpc) is 2.36. The van der Waals surface area contributed by atoms with Crippen LogP contribution in [0.4, 0.5) is 0 Å². The van der Waals surface area contributed by atoms with Gasteiger partial charge in [-0.05, 0) is 22.4 Å². The van der Waals surface area contributed by atoms with Gasteiger partial charge < -0.3 is 10.8 Å². The normalized spacial score (nSPS) is 14.5. The van der Waals surface area contributed by atoms with Crippen LogP contribution in [0.2, 0.25) is 0 Å². The van der Waals surface area contributed by atoms with Gasteiger partial charge in [0.25, 0.3) is 0 Å². The minimum Gasteiger partial charge on any atom is -0.481 e. The molecule has 2 atom stereocenters. The van der Waals surface area contributed by atoms with Gasteiger partial charge >= 0.3 is 5.97 Å². The SMILES string of the molecule is CC(C(=O)O)C(N)c1ccc2ccccc2c1. The van der Waals surface area contributed by atoms with Crippen molar-refractivity contribution in [2.45, 2.75) is 13.0 Å². The summed E-state index contributed by atoms with van der Waals surface area (Å²) in [4.78, 5) is 10.9. The van der Waals surface area contributed by atoms with E-state index < -0.39 is 17.9 Å². The Kier molecular flexibility index (Phi) is 3.11. The number of nitrogens with two attached hydrogens (primary N) is 1. The molecule has 0 spiro atoms. The fourth-order valence-electron chi connectivity index (χ4n) is 1.86. The molecule has 0 saturated heterocycles. The van der Waals surface area contributed by atoms with Gasteiger partial charge in [0, 0.05) is 6.04 Å². The fraction of sp³-hybridized carbons (Fsp3) is 0.214. The van der Waals surface area contributed by atoms with Crippen molar-refractivity contribution in [2.75, 3.05) is 0 Å². The Morgan fingerprint density at radius 2 is 1.82 bits per heavy atom. The molecule has 2 aromatic rings. The number of fused-ring (bicyclic) bond motifs is 1. The van der Waals surface area contributed by atoms with Crippen LogP contribution < -0.4 is 5.73 Å². The quantitative estimate of drug-likeness (QED) is 0.850. The predicted molar refractivity (Wildman–Crippen MR) is 67.7 cm³/mol. The van der Waals surface area contributed by atoms with E-state index in [-0.39, 0.29) is 0 Å². The third-order valence-electron chi connectivity index (χ3n) is 3.09. The van der Waals surface area contributed by atoms with E-state index >= 15 is 0 Å². The Balaban J connectivity index is 2.39. The molecule has 0 aliphatic carbocycles. The van der Waals surface area contributed by atoms with Gasteiger partial charge in [-0.3, -0.25) is 4.79 Å². The summed E-state index contributed by atoms with van der Waals surface area (Å²) < 4.78 is 0. The molecule has 0 saturated carbocycles. The van der Waals surface area contributed by atoms with E-state index in [2.05, 4.69) is 0 Å². The maximum Gasteiger partial charge on any atom is 0.308 e. The van der Waals surface area contributed by atoms with Crippen molar-refractivity contribution in [3.8, 4) is 0 Å². The zero-order valence-corrected chi connectivity index (χ0v) is 9.63. The van der Waals surface area contributed by atoms with Gasteiger partial charge in [-0.15, -0.1) is 0 Å². The smallest absolute Gasteiger partial charge is 0.308 e. The molecule has 2 unspecified atom stereocenters. The molecule has 0 radical (unpaired) electrons. The number of carboxylic acids is 1. The maximum absolute atomic E-state index is 10.9. The van der Waals surface area contributed by atoms with Crippen molar-refractivity contribution in [1.29, 1.82) is 0 Å². The van der Waals surface area contributed by atoms with E-state index in [9.17, 15) is 4.79 Å². The first-order valence-electron chi connectivity index (χ1n) is 5.56. The molecular formula is C14H15NO2. The Morgan fingerprint density at radius 1 is 1.18 bits per heavy atom. The molecular weight excluding hydrogens is 214 g/mol. The standard InChI is InChI=1S/C14H15NO2/c1-9(14(16)17)13(15)12-7-6-10-4-2-3-5-11(10)8-12/h2-9,13H,15H2,1H3,(H,16,17). The minimum atomic E-state index is -0.870. The summed E-state index contributed by atoms with van der Waals surface area (Å²) in [7, 11) is 0. The van der Waals surface area contributed by atoms with Crippen LogP contribution in [0.15, 0.2) is 42.5 Å². The molecule has 0 fully saturated rings. The van der Waals surface area contributed by atoms with E-state index in [0.717, 1.165) is 16.3 Å². The first kappa shape index (κ1) is 11.6. The van der Waals surface area contributed by atoms with Crippen molar-refractivity contribution in [1.82, 2.24) is 0 Å². The van der Waals surface area contributed by atoms with Gasteiger partial charge in [0.05, 0.1) is 5.92 Å². The van der Waals surface area contributed by atoms with Gasteiger partial charge in [0.1, 0.15) is 0 Å². The van der Waals surface area contributed by atoms with Crippen molar-refractivity contribution in [3.05, 3.63) is 48.0 Å². The highest BCUT2D eigenvalue weighted by Gasteiger charge is 2.21. The third-order valence-corrected chi connectivity index (χ3v) is 3.09. The molecule has 3 N–H and O–H groups in total. The lowest BCUT2D eigenvalue weighted by atomic mass is 9.94. The molecule has 88 valence electrons. The second-order valence-electron chi connectivity index (χ2n) is 4.26. The van der Waals surface area contributed by atoms with Crippen LogP contribution in [0.3, 0.4) is 0 Å². The third kappa shape index (κ3) is 2.29. The first-order chi connectivity index (χ1) is 8.09. The van der Waals surface area contributed by atoms with Gasteiger partial charge in [0.15, 0.2) is 0 Å². The first-order valence-corrected chi connectivity index (χ1v) is 5.56. The lowest BCUT2D eigenvalue weighted by Gasteiger charge is -2.16. The Labute approximate surface area is 99.9 Å². The van der Waals surface area contributed by atoms with Crippen LogP contribution >= 0.6 is 0 Å². The fourth-order valence-corrected chi connectivity index (χ4v) is 1.86. The molecule has 0 amide bonds. The molecule has 2 rings (SSSR count).